The van der Waals surface area contributed by atoms with Gasteiger partial charge in [-0.3, -0.25) is 9.59 Å². The van der Waals surface area contributed by atoms with Crippen LogP contribution in [0.25, 0.3) is 10.9 Å². The van der Waals surface area contributed by atoms with Gasteiger partial charge in [0.05, 0.1) is 24.2 Å². The van der Waals surface area contributed by atoms with E-state index in [1.807, 2.05) is 26.8 Å². The van der Waals surface area contributed by atoms with Gasteiger partial charge >= 0.3 is 0 Å². The Bertz CT molecular complexity index is 1230. The van der Waals surface area contributed by atoms with E-state index in [0.29, 0.717) is 33.8 Å². The van der Waals surface area contributed by atoms with Gasteiger partial charge in [0.1, 0.15) is 5.82 Å². The van der Waals surface area contributed by atoms with Crippen LogP contribution in [0.3, 0.4) is 0 Å². The number of amides is 1. The molecule has 0 saturated heterocycles. The minimum atomic E-state index is -0.586. The summed E-state index contributed by atoms with van der Waals surface area (Å²) in [4.78, 5) is 28.8. The first-order valence-electron chi connectivity index (χ1n) is 9.46. The number of benzene rings is 2. The van der Waals surface area contributed by atoms with E-state index in [1.165, 1.54) is 11.8 Å². The molecule has 3 aromatic rings. The van der Waals surface area contributed by atoms with Crippen molar-refractivity contribution in [3.05, 3.63) is 62.6 Å². The second-order valence-electron chi connectivity index (χ2n) is 7.87. The van der Waals surface area contributed by atoms with Crippen molar-refractivity contribution in [1.29, 1.82) is 0 Å². The van der Waals surface area contributed by atoms with Gasteiger partial charge in [0.15, 0.2) is 18.1 Å². The molecule has 2 aromatic carbocycles. The minimum absolute atomic E-state index is 0.257. The smallest absolute Gasteiger partial charge is 0.282 e. The Morgan fingerprint density at radius 3 is 2.61 bits per heavy atom. The van der Waals surface area contributed by atoms with Gasteiger partial charge in [0.2, 0.25) is 0 Å². The molecular formula is C22H23BrN4O4. The predicted molar refractivity (Wildman–Crippen MR) is 123 cm³/mol. The molecule has 1 amide bonds. The van der Waals surface area contributed by atoms with Gasteiger partial charge in [0, 0.05) is 9.89 Å². The third-order valence-electron chi connectivity index (χ3n) is 4.36. The molecule has 0 aliphatic rings. The Morgan fingerprint density at radius 1 is 1.23 bits per heavy atom. The van der Waals surface area contributed by atoms with Crippen LogP contribution in [0.1, 0.15) is 32.2 Å². The Hall–Kier alpha value is -3.20. The molecule has 0 aliphatic carbocycles. The molecule has 0 saturated carbocycles. The van der Waals surface area contributed by atoms with E-state index in [9.17, 15) is 9.59 Å². The maximum Gasteiger partial charge on any atom is 0.282 e. The molecule has 162 valence electrons. The summed E-state index contributed by atoms with van der Waals surface area (Å²) in [5.41, 5.74) is 5.72. The second kappa shape index (κ2) is 8.89. The fraction of sp³-hybridized carbons (Fsp3) is 0.273. The molecule has 0 radical (unpaired) electrons. The molecule has 9 heteroatoms. The highest BCUT2D eigenvalue weighted by molar-refractivity contribution is 9.10. The molecule has 0 bridgehead atoms. The van der Waals surface area contributed by atoms with E-state index in [-0.39, 0.29) is 12.2 Å². The number of hydrogen-bond donors (Lipinski definition) is 1. The molecule has 0 atom stereocenters. The highest BCUT2D eigenvalue weighted by Gasteiger charge is 2.23. The van der Waals surface area contributed by atoms with E-state index in [4.69, 9.17) is 15.2 Å². The van der Waals surface area contributed by atoms with Crippen LogP contribution in [0.15, 0.2) is 50.8 Å². The van der Waals surface area contributed by atoms with Crippen LogP contribution in [-0.4, -0.2) is 35.5 Å². The van der Waals surface area contributed by atoms with Gasteiger partial charge in [-0.25, -0.2) is 4.98 Å². The van der Waals surface area contributed by atoms with Crippen molar-refractivity contribution in [2.75, 3.05) is 13.7 Å². The molecule has 2 N–H and O–H groups in total. The van der Waals surface area contributed by atoms with Crippen LogP contribution in [0.2, 0.25) is 0 Å². The third kappa shape index (κ3) is 5.11. The van der Waals surface area contributed by atoms with Crippen LogP contribution in [0, 0.1) is 0 Å². The Balaban J connectivity index is 2.07. The first kappa shape index (κ1) is 22.5. The Kier molecular flexibility index (Phi) is 6.45. The average Bonchev–Trinajstić information content (AvgIpc) is 2.71. The minimum Gasteiger partial charge on any atom is -0.493 e. The largest absolute Gasteiger partial charge is 0.493 e. The lowest BCUT2D eigenvalue weighted by Crippen LogP contribution is -2.29. The number of hydrogen-bond acceptors (Lipinski definition) is 6. The molecule has 8 nitrogen and oxygen atoms in total. The number of methoxy groups -OCH3 is 1. The van der Waals surface area contributed by atoms with E-state index >= 15 is 0 Å². The molecule has 1 aromatic heterocycles. The quantitative estimate of drug-likeness (QED) is 0.538. The number of nitrogens with two attached hydrogens (primary N) is 1. The van der Waals surface area contributed by atoms with Crippen molar-refractivity contribution < 1.29 is 14.3 Å². The van der Waals surface area contributed by atoms with Gasteiger partial charge < -0.3 is 15.2 Å². The van der Waals surface area contributed by atoms with Crippen LogP contribution >= 0.6 is 15.9 Å². The molecule has 0 fully saturated rings. The summed E-state index contributed by atoms with van der Waals surface area (Å²) < 4.78 is 12.8. The number of aromatic nitrogens is 2. The lowest BCUT2D eigenvalue weighted by Gasteiger charge is -2.20. The normalized spacial score (nSPS) is 11.8. The van der Waals surface area contributed by atoms with Crippen LogP contribution in [0.4, 0.5) is 0 Å². The molecule has 1 heterocycles. The summed E-state index contributed by atoms with van der Waals surface area (Å²) in [5, 5.41) is 4.90. The molecule has 0 aliphatic heterocycles. The number of carbonyl (C=O) groups is 1. The number of halogens is 1. The predicted octanol–water partition coefficient (Wildman–Crippen LogP) is 3.21. The summed E-state index contributed by atoms with van der Waals surface area (Å²) >= 11 is 3.40. The van der Waals surface area contributed by atoms with E-state index in [0.717, 1.165) is 4.47 Å². The average molecular weight is 487 g/mol. The van der Waals surface area contributed by atoms with E-state index < -0.39 is 11.3 Å². The number of nitrogens with zero attached hydrogens (tertiary/aromatic N) is 3. The highest BCUT2D eigenvalue weighted by Crippen LogP contribution is 2.28. The lowest BCUT2D eigenvalue weighted by atomic mass is 9.95. The Labute approximate surface area is 187 Å². The third-order valence-corrected chi connectivity index (χ3v) is 4.85. The number of fused-ring (bicyclic) bond motifs is 1. The van der Waals surface area contributed by atoms with Gasteiger partial charge in [-0.15, -0.1) is 0 Å². The Morgan fingerprint density at radius 2 is 1.97 bits per heavy atom. The number of primary amides is 1. The molecule has 3 rings (SSSR count). The van der Waals surface area contributed by atoms with Crippen molar-refractivity contribution in [3.8, 4) is 11.5 Å². The summed E-state index contributed by atoms with van der Waals surface area (Å²) in [6, 6.07) is 10.5. The van der Waals surface area contributed by atoms with Gasteiger partial charge in [0.25, 0.3) is 11.5 Å². The number of rotatable bonds is 6. The van der Waals surface area contributed by atoms with Crippen LogP contribution < -0.4 is 20.8 Å². The first-order chi connectivity index (χ1) is 14.6. The summed E-state index contributed by atoms with van der Waals surface area (Å²) in [6.07, 6.45) is 1.54. The molecule has 31 heavy (non-hydrogen) atoms. The highest BCUT2D eigenvalue weighted by atomic mass is 79.9. The zero-order chi connectivity index (χ0) is 22.8. The number of ether oxygens (including phenoxy) is 2. The summed E-state index contributed by atoms with van der Waals surface area (Å²) in [6.45, 7) is 5.66. The van der Waals surface area contributed by atoms with Crippen molar-refractivity contribution in [1.82, 2.24) is 9.66 Å². The van der Waals surface area contributed by atoms with Crippen molar-refractivity contribution >= 4 is 39.0 Å². The first-order valence-corrected chi connectivity index (χ1v) is 10.3. The van der Waals surface area contributed by atoms with Crippen LogP contribution in [-0.2, 0) is 10.2 Å². The van der Waals surface area contributed by atoms with Crippen molar-refractivity contribution in [2.45, 2.75) is 26.2 Å². The summed E-state index contributed by atoms with van der Waals surface area (Å²) in [5.74, 6) is 0.742. The standard InChI is InChI=1S/C22H23BrN4O4/c1-22(2,3)21-26-16-7-6-14(23)10-15(16)20(29)27(21)25-11-13-5-8-17(18(9-13)30-4)31-12-19(24)28/h5-11H,12H2,1-4H3,(H2,24,28). The zero-order valence-corrected chi connectivity index (χ0v) is 19.3. The van der Waals surface area contributed by atoms with Gasteiger partial charge in [-0.05, 0) is 42.0 Å². The van der Waals surface area contributed by atoms with Crippen LogP contribution in [0.5, 0.6) is 11.5 Å². The maximum atomic E-state index is 13.2. The van der Waals surface area contributed by atoms with Gasteiger partial charge in [-0.2, -0.15) is 9.78 Å². The molecular weight excluding hydrogens is 464 g/mol. The van der Waals surface area contributed by atoms with Crippen molar-refractivity contribution in [3.63, 3.8) is 0 Å². The molecule has 0 unspecified atom stereocenters. The second-order valence-corrected chi connectivity index (χ2v) is 8.79. The topological polar surface area (TPSA) is 109 Å². The van der Waals surface area contributed by atoms with Crippen molar-refractivity contribution in [2.24, 2.45) is 10.8 Å². The lowest BCUT2D eigenvalue weighted by molar-refractivity contribution is -0.119. The number of carbonyl (C=O) groups excluding carboxylic acids is 1. The van der Waals surface area contributed by atoms with E-state index in [1.54, 1.807) is 36.5 Å². The van der Waals surface area contributed by atoms with E-state index in [2.05, 4.69) is 26.0 Å². The monoisotopic (exact) mass is 486 g/mol. The van der Waals surface area contributed by atoms with Gasteiger partial charge in [-0.1, -0.05) is 36.7 Å². The zero-order valence-electron chi connectivity index (χ0n) is 17.7. The summed E-state index contributed by atoms with van der Waals surface area (Å²) in [7, 11) is 1.49. The fourth-order valence-corrected chi connectivity index (χ4v) is 3.26. The molecule has 0 spiro atoms. The fourth-order valence-electron chi connectivity index (χ4n) is 2.90. The maximum absolute atomic E-state index is 13.2. The SMILES string of the molecule is COc1cc(C=Nn2c(C(C)(C)C)nc3ccc(Br)cc3c2=O)ccc1OCC(N)=O.